The second-order valence-corrected chi connectivity index (χ2v) is 4.00. The van der Waals surface area contributed by atoms with E-state index in [1.165, 1.54) is 16.6 Å². The van der Waals surface area contributed by atoms with E-state index < -0.39 is 0 Å². The lowest BCUT2D eigenvalue weighted by molar-refractivity contribution is 0.652. The van der Waals surface area contributed by atoms with Crippen LogP contribution in [0, 0.1) is 0 Å². The van der Waals surface area contributed by atoms with Gasteiger partial charge in [0.05, 0.1) is 11.2 Å². The van der Waals surface area contributed by atoms with Crippen LogP contribution in [0.15, 0.2) is 30.5 Å². The molecule has 0 unspecified atom stereocenters. The minimum absolute atomic E-state index is 0.719. The SMILES string of the molecule is NCCN1CCn2ccc3cccc1c32. The van der Waals surface area contributed by atoms with Crippen LogP contribution in [0.2, 0.25) is 0 Å². The molecule has 1 aromatic carbocycles. The molecule has 0 saturated heterocycles. The summed E-state index contributed by atoms with van der Waals surface area (Å²) in [6.07, 6.45) is 2.17. The van der Waals surface area contributed by atoms with Crippen LogP contribution in [0.5, 0.6) is 0 Å². The highest BCUT2D eigenvalue weighted by Crippen LogP contribution is 2.30. The molecule has 15 heavy (non-hydrogen) atoms. The summed E-state index contributed by atoms with van der Waals surface area (Å²) < 4.78 is 2.33. The van der Waals surface area contributed by atoms with Gasteiger partial charge in [0.15, 0.2) is 0 Å². The van der Waals surface area contributed by atoms with E-state index in [0.29, 0.717) is 0 Å². The Morgan fingerprint density at radius 3 is 3.00 bits per heavy atom. The molecule has 1 aliphatic rings. The Kier molecular flexibility index (Phi) is 1.92. The third-order valence-corrected chi connectivity index (χ3v) is 3.12. The molecule has 2 heterocycles. The van der Waals surface area contributed by atoms with E-state index in [-0.39, 0.29) is 0 Å². The Labute approximate surface area is 89.1 Å². The Hall–Kier alpha value is -1.48. The predicted molar refractivity (Wildman–Crippen MR) is 63.2 cm³/mol. The van der Waals surface area contributed by atoms with E-state index in [9.17, 15) is 0 Å². The number of hydrogen-bond donors (Lipinski definition) is 1. The highest BCUT2D eigenvalue weighted by molar-refractivity contribution is 5.92. The maximum atomic E-state index is 5.63. The van der Waals surface area contributed by atoms with E-state index in [2.05, 4.69) is 39.9 Å². The molecule has 0 amide bonds. The van der Waals surface area contributed by atoms with E-state index in [0.717, 1.165) is 26.2 Å². The van der Waals surface area contributed by atoms with Gasteiger partial charge >= 0.3 is 0 Å². The van der Waals surface area contributed by atoms with Crippen molar-refractivity contribution in [2.24, 2.45) is 5.73 Å². The second-order valence-electron chi connectivity index (χ2n) is 4.00. The van der Waals surface area contributed by atoms with Crippen molar-refractivity contribution in [3.63, 3.8) is 0 Å². The lowest BCUT2D eigenvalue weighted by atomic mass is 10.2. The molecule has 0 fully saturated rings. The van der Waals surface area contributed by atoms with Gasteiger partial charge in [-0.05, 0) is 12.1 Å². The Balaban J connectivity index is 2.19. The first-order valence-corrected chi connectivity index (χ1v) is 5.43. The van der Waals surface area contributed by atoms with E-state index in [1.807, 2.05) is 0 Å². The van der Waals surface area contributed by atoms with Gasteiger partial charge in [-0.15, -0.1) is 0 Å². The molecule has 2 aromatic rings. The van der Waals surface area contributed by atoms with E-state index in [1.54, 1.807) is 0 Å². The molecule has 3 heteroatoms. The minimum Gasteiger partial charge on any atom is -0.367 e. The number of para-hydroxylation sites is 1. The molecule has 0 atom stereocenters. The third-order valence-electron chi connectivity index (χ3n) is 3.12. The van der Waals surface area contributed by atoms with Gasteiger partial charge in [-0.3, -0.25) is 0 Å². The molecule has 0 saturated carbocycles. The van der Waals surface area contributed by atoms with Crippen molar-refractivity contribution >= 4 is 16.6 Å². The molecule has 78 valence electrons. The van der Waals surface area contributed by atoms with Gasteiger partial charge in [0.2, 0.25) is 0 Å². The number of nitrogens with two attached hydrogens (primary N) is 1. The summed E-state index contributed by atoms with van der Waals surface area (Å²) in [4.78, 5) is 2.38. The fourth-order valence-corrected chi connectivity index (χ4v) is 2.42. The highest BCUT2D eigenvalue weighted by atomic mass is 15.2. The van der Waals surface area contributed by atoms with Gasteiger partial charge in [0.1, 0.15) is 0 Å². The first-order chi connectivity index (χ1) is 7.40. The van der Waals surface area contributed by atoms with Crippen molar-refractivity contribution in [3.8, 4) is 0 Å². The first-order valence-electron chi connectivity index (χ1n) is 5.43. The average Bonchev–Trinajstić information content (AvgIpc) is 2.68. The zero-order valence-corrected chi connectivity index (χ0v) is 8.69. The molecular weight excluding hydrogens is 186 g/mol. The molecular formula is C12H15N3. The summed E-state index contributed by atoms with van der Waals surface area (Å²) in [5.41, 5.74) is 8.32. The summed E-state index contributed by atoms with van der Waals surface area (Å²) in [7, 11) is 0. The molecule has 1 aromatic heterocycles. The van der Waals surface area contributed by atoms with Gasteiger partial charge in [0, 0.05) is 37.8 Å². The van der Waals surface area contributed by atoms with Crippen LogP contribution in [0.25, 0.3) is 10.9 Å². The summed E-state index contributed by atoms with van der Waals surface area (Å²) >= 11 is 0. The lowest BCUT2D eigenvalue weighted by Crippen LogP contribution is -2.35. The zero-order valence-electron chi connectivity index (χ0n) is 8.69. The van der Waals surface area contributed by atoms with Crippen LogP contribution in [0.1, 0.15) is 0 Å². The van der Waals surface area contributed by atoms with Crippen molar-refractivity contribution in [2.75, 3.05) is 24.5 Å². The fraction of sp³-hybridized carbons (Fsp3) is 0.333. The summed E-state index contributed by atoms with van der Waals surface area (Å²) in [5, 5.41) is 1.33. The Morgan fingerprint density at radius 1 is 1.20 bits per heavy atom. The van der Waals surface area contributed by atoms with Gasteiger partial charge < -0.3 is 15.2 Å². The standard InChI is InChI=1S/C12H15N3/c13-5-7-14-8-9-15-6-4-10-2-1-3-11(14)12(10)15/h1-4,6H,5,7-9,13H2. The van der Waals surface area contributed by atoms with E-state index >= 15 is 0 Å². The van der Waals surface area contributed by atoms with E-state index in [4.69, 9.17) is 5.73 Å². The number of benzene rings is 1. The largest absolute Gasteiger partial charge is 0.367 e. The van der Waals surface area contributed by atoms with Crippen LogP contribution in [0.4, 0.5) is 5.69 Å². The molecule has 3 nitrogen and oxygen atoms in total. The van der Waals surface area contributed by atoms with Crippen molar-refractivity contribution in [1.29, 1.82) is 0 Å². The van der Waals surface area contributed by atoms with Crippen LogP contribution < -0.4 is 10.6 Å². The molecule has 0 aliphatic carbocycles. The van der Waals surface area contributed by atoms with Crippen molar-refractivity contribution in [3.05, 3.63) is 30.5 Å². The number of aromatic nitrogens is 1. The number of anilines is 1. The number of nitrogens with zero attached hydrogens (tertiary/aromatic N) is 2. The molecule has 1 aliphatic heterocycles. The fourth-order valence-electron chi connectivity index (χ4n) is 2.42. The maximum Gasteiger partial charge on any atom is 0.0718 e. The van der Waals surface area contributed by atoms with Crippen LogP contribution >= 0.6 is 0 Å². The minimum atomic E-state index is 0.719. The average molecular weight is 201 g/mol. The van der Waals surface area contributed by atoms with Crippen molar-refractivity contribution in [1.82, 2.24) is 4.57 Å². The number of rotatable bonds is 2. The smallest absolute Gasteiger partial charge is 0.0718 e. The molecule has 2 N–H and O–H groups in total. The third kappa shape index (κ3) is 1.23. The predicted octanol–water partition coefficient (Wildman–Crippen LogP) is 1.42. The molecule has 3 rings (SSSR count). The first kappa shape index (κ1) is 8.80. The molecule has 0 radical (unpaired) electrons. The Morgan fingerprint density at radius 2 is 2.13 bits per heavy atom. The lowest BCUT2D eigenvalue weighted by Gasteiger charge is -2.30. The highest BCUT2D eigenvalue weighted by Gasteiger charge is 2.17. The molecule has 0 spiro atoms. The summed E-state index contributed by atoms with van der Waals surface area (Å²) in [5.74, 6) is 0. The van der Waals surface area contributed by atoms with Gasteiger partial charge in [-0.2, -0.15) is 0 Å². The zero-order chi connectivity index (χ0) is 10.3. The van der Waals surface area contributed by atoms with Gasteiger partial charge in [0.25, 0.3) is 0 Å². The topological polar surface area (TPSA) is 34.2 Å². The molecule has 0 bridgehead atoms. The number of hydrogen-bond acceptors (Lipinski definition) is 2. The second kappa shape index (κ2) is 3.28. The normalized spacial score (nSPS) is 14.9. The Bertz CT molecular complexity index is 487. The maximum absolute atomic E-state index is 5.63. The van der Waals surface area contributed by atoms with Crippen molar-refractivity contribution in [2.45, 2.75) is 6.54 Å². The van der Waals surface area contributed by atoms with Crippen molar-refractivity contribution < 1.29 is 0 Å². The monoisotopic (exact) mass is 201 g/mol. The quantitative estimate of drug-likeness (QED) is 0.797. The summed E-state index contributed by atoms with van der Waals surface area (Å²) in [6, 6.07) is 8.66. The van der Waals surface area contributed by atoms with Crippen LogP contribution in [-0.4, -0.2) is 24.2 Å². The van der Waals surface area contributed by atoms with Crippen LogP contribution in [0.3, 0.4) is 0 Å². The van der Waals surface area contributed by atoms with Crippen LogP contribution in [-0.2, 0) is 6.54 Å². The van der Waals surface area contributed by atoms with Gasteiger partial charge in [-0.1, -0.05) is 12.1 Å². The summed E-state index contributed by atoms with van der Waals surface area (Å²) in [6.45, 7) is 3.81. The van der Waals surface area contributed by atoms with Gasteiger partial charge in [-0.25, -0.2) is 0 Å².